The van der Waals surface area contributed by atoms with Gasteiger partial charge in [0.2, 0.25) is 86.8 Å². The molecule has 7 N–H and O–H groups in total. The minimum Gasteiger partial charge on any atom is -0.391 e. The quantitative estimate of drug-likeness (QED) is 0.0881. The minimum atomic E-state index is -4.15. The van der Waals surface area contributed by atoms with E-state index in [-0.39, 0.29) is 73.8 Å². The fourth-order valence-electron chi connectivity index (χ4n) is 13.6. The zero-order valence-electron chi connectivity index (χ0n) is 66.6. The smallest absolute Gasteiger partial charge is 0.248 e. The van der Waals surface area contributed by atoms with Gasteiger partial charge in [0.15, 0.2) is 0 Å². The molecular formula is C77H122ClN13O16S. The molecule has 13 amide bonds. The van der Waals surface area contributed by atoms with E-state index in [1.165, 1.54) is 61.8 Å². The van der Waals surface area contributed by atoms with Gasteiger partial charge in [0, 0.05) is 79.2 Å². The molecule has 0 aliphatic carbocycles. The van der Waals surface area contributed by atoms with Gasteiger partial charge in [-0.15, -0.1) is 0 Å². The Kier molecular flexibility index (Phi) is 36.9. The number of carbonyl (C=O) groups is 13. The summed E-state index contributed by atoms with van der Waals surface area (Å²) in [5, 5.41) is 25.6. The molecule has 2 aliphatic heterocycles. The molecule has 2 aliphatic rings. The maximum Gasteiger partial charge on any atom is 0.248 e. The summed E-state index contributed by atoms with van der Waals surface area (Å²) in [6, 6.07) is 0.355. The Bertz CT molecular complexity index is 3540. The van der Waals surface area contributed by atoms with Gasteiger partial charge in [-0.2, -0.15) is 0 Å². The predicted molar refractivity (Wildman–Crippen MR) is 411 cm³/mol. The number of piperidine rings is 1. The monoisotopic (exact) mass is 1550 g/mol. The molecule has 2 heterocycles. The highest BCUT2D eigenvalue weighted by Crippen LogP contribution is 2.24. The number of halogens is 1. The largest absolute Gasteiger partial charge is 0.391 e. The Morgan fingerprint density at radius 1 is 0.556 bits per heavy atom. The Balaban J connectivity index is 2.06. The van der Waals surface area contributed by atoms with Gasteiger partial charge in [-0.25, -0.2) is 8.42 Å². The van der Waals surface area contributed by atoms with Crippen LogP contribution in [-0.4, -0.2) is 259 Å². The summed E-state index contributed by atoms with van der Waals surface area (Å²) < 4.78 is 26.5. The second-order valence-electron chi connectivity index (χ2n) is 31.2. The molecule has 0 radical (unpaired) electrons. The standard InChI is InChI=1S/C77H122ClN13O16S/c1-19-20-34-91-45-65(95)85(13)59(39-48(6)7)68(96)81-57(38-47(4)5)74(102)88(16)62(42-52-28-23-21-24-29-52)76(104)89(17)67(50(10)11)71(99)82-58(75(103)90-35-25-22-26-36-90)44-64(94)79-56(37-46(2)3)73(101)87(15)61(43-53-30-27-31-54(78)41-53)69(97)80-55(32-33-63(93)84-108(18,106)107)72(100)86(14)60(40-49(8)9)70(98)83-66(51(12)92)77(91)105/h21,23-24,27-31,41,46-51,55-62,66-67,92H,19-20,22,25-26,32-40,42-45H2,1-18H3,(H,79,94)(H,80,97)(H,81,96)(H,82,99)(H,83,98)(H,84,93)/t51-,55+,56-,57+,58+,59+,60+,61+,62+,66?,67+/m1/s1. The number of nitrogens with zero attached hydrogens (tertiary/aromatic N) is 7. The first-order chi connectivity index (χ1) is 50.5. The molecule has 2 fully saturated rings. The molecule has 0 saturated carbocycles. The van der Waals surface area contributed by atoms with Crippen LogP contribution in [0.15, 0.2) is 54.6 Å². The second kappa shape index (κ2) is 43.2. The highest BCUT2D eigenvalue weighted by molar-refractivity contribution is 7.89. The van der Waals surface area contributed by atoms with E-state index >= 15 is 43.2 Å². The van der Waals surface area contributed by atoms with E-state index in [4.69, 9.17) is 11.6 Å². The lowest BCUT2D eigenvalue weighted by atomic mass is 9.96. The van der Waals surface area contributed by atoms with Gasteiger partial charge in [-0.3, -0.25) is 67.1 Å². The van der Waals surface area contributed by atoms with Crippen molar-refractivity contribution in [3.63, 3.8) is 0 Å². The summed E-state index contributed by atoms with van der Waals surface area (Å²) in [6.07, 6.45) is -0.356. The number of nitrogens with one attached hydrogen (secondary N) is 6. The first-order valence-electron chi connectivity index (χ1n) is 37.9. The number of amides is 13. The van der Waals surface area contributed by atoms with E-state index in [0.29, 0.717) is 49.9 Å². The lowest BCUT2D eigenvalue weighted by molar-refractivity contribution is -0.151. The SMILES string of the molecule is CCCCN1CC(=O)N(C)[C@@H](CC(C)C)C(=O)N[C@@H](CC(C)C)C(=O)N(C)[C@@H](Cc2ccccc2)C(=O)N(C)[C@@H](C(C)C)C(=O)N[C@H](C(=O)N2CCCCC2)CC(=O)N[C@H](CC(C)C)C(=O)N(C)[C@@H](Cc2cccc(Cl)c2)C(=O)N[C@@H](CCC(=O)NS(C)(=O)=O)C(=O)N(C)[C@@H](CC(C)C)C(=O)NC([C@@H](C)O)C1=O. The maximum absolute atomic E-state index is 15.6. The van der Waals surface area contributed by atoms with E-state index < -0.39 is 185 Å². The van der Waals surface area contributed by atoms with Gasteiger partial charge in [0.25, 0.3) is 0 Å². The zero-order valence-corrected chi connectivity index (χ0v) is 68.2. The van der Waals surface area contributed by atoms with Gasteiger partial charge in [-0.05, 0) is 118 Å². The molecule has 29 nitrogen and oxygen atoms in total. The molecule has 108 heavy (non-hydrogen) atoms. The van der Waals surface area contributed by atoms with Crippen molar-refractivity contribution in [1.29, 1.82) is 0 Å². The fraction of sp³-hybridized carbons (Fsp3) is 0.675. The molecule has 4 rings (SSSR count). The minimum absolute atomic E-state index is 0.0431. The fourth-order valence-corrected chi connectivity index (χ4v) is 14.4. The van der Waals surface area contributed by atoms with Crippen molar-refractivity contribution < 1.29 is 75.9 Å². The van der Waals surface area contributed by atoms with Crippen molar-refractivity contribution in [3.8, 4) is 0 Å². The number of hydrogen-bond donors (Lipinski definition) is 7. The number of likely N-dealkylation sites (N-methyl/N-ethyl adjacent to an activating group) is 5. The van der Waals surface area contributed by atoms with Crippen molar-refractivity contribution in [2.75, 3.05) is 67.7 Å². The van der Waals surface area contributed by atoms with Crippen LogP contribution >= 0.6 is 11.6 Å². The van der Waals surface area contributed by atoms with Gasteiger partial charge in [0.05, 0.1) is 25.3 Å². The Morgan fingerprint density at radius 3 is 1.57 bits per heavy atom. The number of unbranched alkanes of at least 4 members (excludes halogenated alkanes) is 1. The van der Waals surface area contributed by atoms with E-state index in [0.717, 1.165) is 27.4 Å². The van der Waals surface area contributed by atoms with E-state index in [1.807, 2.05) is 39.3 Å². The third-order valence-electron chi connectivity index (χ3n) is 19.5. The molecular weight excluding hydrogens is 1430 g/mol. The number of aliphatic hydroxyl groups excluding tert-OH is 1. The third kappa shape index (κ3) is 28.3. The van der Waals surface area contributed by atoms with E-state index in [2.05, 4.69) is 26.6 Å². The Hall–Kier alpha value is -8.25. The topological polar surface area (TPSA) is 371 Å². The van der Waals surface area contributed by atoms with Crippen molar-refractivity contribution in [3.05, 3.63) is 70.7 Å². The predicted octanol–water partition coefficient (Wildman–Crippen LogP) is 3.81. The van der Waals surface area contributed by atoms with Crippen LogP contribution in [-0.2, 0) is 85.2 Å². The average Bonchev–Trinajstić information content (AvgIpc) is 0.812. The molecule has 2 aromatic rings. The summed E-state index contributed by atoms with van der Waals surface area (Å²) in [7, 11) is 2.60. The van der Waals surface area contributed by atoms with Crippen LogP contribution in [0.3, 0.4) is 0 Å². The molecule has 1 unspecified atom stereocenters. The third-order valence-corrected chi connectivity index (χ3v) is 20.4. The number of aliphatic hydroxyl groups is 1. The highest BCUT2D eigenvalue weighted by atomic mass is 35.5. The summed E-state index contributed by atoms with van der Waals surface area (Å²) in [5.41, 5.74) is 1.05. The Morgan fingerprint density at radius 2 is 1.05 bits per heavy atom. The molecule has 31 heteroatoms. The summed E-state index contributed by atoms with van der Waals surface area (Å²) in [4.78, 5) is 204. The van der Waals surface area contributed by atoms with Crippen LogP contribution in [0.4, 0.5) is 0 Å². The molecule has 0 bridgehead atoms. The summed E-state index contributed by atoms with van der Waals surface area (Å²) >= 11 is 6.50. The number of benzene rings is 2. The van der Waals surface area contributed by atoms with Crippen LogP contribution in [0.5, 0.6) is 0 Å². The average molecular weight is 1550 g/mol. The van der Waals surface area contributed by atoms with Crippen molar-refractivity contribution in [1.82, 2.24) is 65.6 Å². The maximum atomic E-state index is 15.6. The Labute approximate surface area is 644 Å². The lowest BCUT2D eigenvalue weighted by Crippen LogP contribution is -2.62. The van der Waals surface area contributed by atoms with Crippen LogP contribution < -0.4 is 31.3 Å². The normalized spacial score (nSPS) is 24.1. The molecule has 2 saturated heterocycles. The first-order valence-corrected chi connectivity index (χ1v) is 40.1. The van der Waals surface area contributed by atoms with E-state index in [9.17, 15) is 32.7 Å². The van der Waals surface area contributed by atoms with Gasteiger partial charge >= 0.3 is 0 Å². The molecule has 0 aromatic heterocycles. The lowest BCUT2D eigenvalue weighted by Gasteiger charge is -2.38. The molecule has 604 valence electrons. The molecule has 0 spiro atoms. The number of carbonyl (C=O) groups excluding carboxylic acids is 13. The molecule has 11 atom stereocenters. The second-order valence-corrected chi connectivity index (χ2v) is 33.4. The van der Waals surface area contributed by atoms with E-state index in [1.54, 1.807) is 96.1 Å². The van der Waals surface area contributed by atoms with Crippen LogP contribution in [0, 0.1) is 29.6 Å². The molecule has 2 aromatic carbocycles. The number of likely N-dealkylation sites (tertiary alicyclic amines) is 1. The van der Waals surface area contributed by atoms with Crippen LogP contribution in [0.25, 0.3) is 0 Å². The highest BCUT2D eigenvalue weighted by Gasteiger charge is 2.44. The van der Waals surface area contributed by atoms with Crippen molar-refractivity contribution in [2.45, 2.75) is 239 Å². The number of sulfonamides is 1. The summed E-state index contributed by atoms with van der Waals surface area (Å²) in [6.45, 7) is 20.7. The van der Waals surface area contributed by atoms with Crippen molar-refractivity contribution >= 4 is 98.4 Å². The van der Waals surface area contributed by atoms with Crippen molar-refractivity contribution in [2.24, 2.45) is 29.6 Å². The van der Waals surface area contributed by atoms with Gasteiger partial charge in [0.1, 0.15) is 60.4 Å². The van der Waals surface area contributed by atoms with Crippen LogP contribution in [0.2, 0.25) is 5.02 Å². The number of hydrogen-bond acceptors (Lipinski definition) is 16. The first kappa shape index (κ1) is 92.1. The zero-order chi connectivity index (χ0) is 81.4. The van der Waals surface area contributed by atoms with Gasteiger partial charge in [-0.1, -0.05) is 137 Å². The van der Waals surface area contributed by atoms with Gasteiger partial charge < -0.3 is 66.0 Å². The number of rotatable bonds is 22. The van der Waals surface area contributed by atoms with Crippen LogP contribution in [0.1, 0.15) is 171 Å². The summed E-state index contributed by atoms with van der Waals surface area (Å²) in [5.74, 6) is -12.7.